The number of aryl methyl sites for hydroxylation is 3. The van der Waals surface area contributed by atoms with Crippen LogP contribution in [0.1, 0.15) is 35.6 Å². The van der Waals surface area contributed by atoms with Gasteiger partial charge in [0.1, 0.15) is 11.4 Å². The first-order valence-corrected chi connectivity index (χ1v) is 11.8. The molecule has 0 saturated heterocycles. The molecule has 2 heterocycles. The molecule has 0 saturated carbocycles. The number of rotatable bonds is 5. The highest BCUT2D eigenvalue weighted by molar-refractivity contribution is 6.46. The average molecular weight is 453 g/mol. The summed E-state index contributed by atoms with van der Waals surface area (Å²) >= 11 is 0. The molecule has 2 amide bonds. The van der Waals surface area contributed by atoms with Crippen molar-refractivity contribution < 1.29 is 14.3 Å². The first-order chi connectivity index (χ1) is 16.5. The van der Waals surface area contributed by atoms with Gasteiger partial charge in [0.25, 0.3) is 11.8 Å². The van der Waals surface area contributed by atoms with E-state index in [4.69, 9.17) is 4.74 Å². The monoisotopic (exact) mass is 452 g/mol. The van der Waals surface area contributed by atoms with Crippen LogP contribution in [0.2, 0.25) is 0 Å². The maximum absolute atomic E-state index is 14.0. The molecule has 34 heavy (non-hydrogen) atoms. The maximum atomic E-state index is 14.0. The topological polar surface area (TPSA) is 49.9 Å². The fraction of sp³-hybridized carbons (Fsp3) is 0.241. The maximum Gasteiger partial charge on any atom is 0.282 e. The van der Waals surface area contributed by atoms with Crippen LogP contribution in [0, 0.1) is 13.8 Å². The van der Waals surface area contributed by atoms with Crippen molar-refractivity contribution in [3.63, 3.8) is 0 Å². The van der Waals surface area contributed by atoms with Crippen LogP contribution in [0.4, 0.5) is 11.4 Å². The molecule has 2 aliphatic heterocycles. The number of benzene rings is 3. The van der Waals surface area contributed by atoms with Crippen molar-refractivity contribution in [1.29, 1.82) is 0 Å². The number of fused-ring (bicyclic) bond motifs is 1. The van der Waals surface area contributed by atoms with Gasteiger partial charge in [0, 0.05) is 18.3 Å². The molecular weight excluding hydrogens is 424 g/mol. The van der Waals surface area contributed by atoms with E-state index in [1.54, 1.807) is 12.1 Å². The number of carbonyl (C=O) groups is 2. The first kappa shape index (κ1) is 22.0. The quantitative estimate of drug-likeness (QED) is 0.484. The highest BCUT2D eigenvalue weighted by atomic mass is 16.5. The van der Waals surface area contributed by atoms with E-state index in [9.17, 15) is 9.59 Å². The van der Waals surface area contributed by atoms with Gasteiger partial charge in [0.2, 0.25) is 0 Å². The molecule has 5 rings (SSSR count). The normalized spacial score (nSPS) is 15.7. The number of amides is 2. The third kappa shape index (κ3) is 3.67. The molecule has 0 bridgehead atoms. The minimum Gasteiger partial charge on any atom is -0.494 e. The van der Waals surface area contributed by atoms with Gasteiger partial charge in [0.05, 0.1) is 17.9 Å². The molecule has 5 nitrogen and oxygen atoms in total. The third-order valence-electron chi connectivity index (χ3n) is 6.62. The van der Waals surface area contributed by atoms with E-state index in [1.165, 1.54) is 10.5 Å². The Morgan fingerprint density at radius 3 is 2.50 bits per heavy atom. The number of para-hydroxylation sites is 1. The number of carbonyl (C=O) groups excluding carboxylic acids is 2. The summed E-state index contributed by atoms with van der Waals surface area (Å²) in [5, 5.41) is 0. The summed E-state index contributed by atoms with van der Waals surface area (Å²) in [7, 11) is 0. The van der Waals surface area contributed by atoms with E-state index < -0.39 is 0 Å². The van der Waals surface area contributed by atoms with Gasteiger partial charge in [-0.3, -0.25) is 9.59 Å². The third-order valence-corrected chi connectivity index (χ3v) is 6.62. The zero-order chi connectivity index (χ0) is 23.8. The van der Waals surface area contributed by atoms with Gasteiger partial charge in [-0.05, 0) is 74.1 Å². The molecule has 0 atom stereocenters. The average Bonchev–Trinajstić information content (AvgIpc) is 3.10. The van der Waals surface area contributed by atoms with E-state index in [1.807, 2.05) is 74.2 Å². The van der Waals surface area contributed by atoms with Crippen LogP contribution >= 0.6 is 0 Å². The summed E-state index contributed by atoms with van der Waals surface area (Å²) in [5.41, 5.74) is 6.60. The van der Waals surface area contributed by atoms with Crippen LogP contribution in [-0.2, 0) is 16.0 Å². The van der Waals surface area contributed by atoms with Crippen LogP contribution in [0.15, 0.2) is 72.4 Å². The lowest BCUT2D eigenvalue weighted by atomic mass is 9.97. The molecular formula is C29H28N2O3. The lowest BCUT2D eigenvalue weighted by Crippen LogP contribution is -2.37. The lowest BCUT2D eigenvalue weighted by Gasteiger charge is -2.32. The largest absolute Gasteiger partial charge is 0.494 e. The molecule has 2 aliphatic rings. The predicted molar refractivity (Wildman–Crippen MR) is 135 cm³/mol. The Bertz CT molecular complexity index is 1320. The summed E-state index contributed by atoms with van der Waals surface area (Å²) in [6.45, 7) is 7.17. The van der Waals surface area contributed by atoms with Gasteiger partial charge in [-0.25, -0.2) is 4.90 Å². The first-order valence-electron chi connectivity index (χ1n) is 11.8. The SMILES string of the molecule is CCOc1cccc(N2C(=O)C(c3ccc(C)c(C)c3)=C(N3CCCc4ccccc43)C2=O)c1. The minimum atomic E-state index is -0.306. The van der Waals surface area contributed by atoms with Crippen LogP contribution in [0.25, 0.3) is 5.57 Å². The van der Waals surface area contributed by atoms with Crippen molar-refractivity contribution in [2.24, 2.45) is 0 Å². The van der Waals surface area contributed by atoms with Crippen molar-refractivity contribution in [3.8, 4) is 5.75 Å². The van der Waals surface area contributed by atoms with E-state index in [-0.39, 0.29) is 11.8 Å². The van der Waals surface area contributed by atoms with Crippen molar-refractivity contribution in [1.82, 2.24) is 0 Å². The molecule has 0 aliphatic carbocycles. The molecule has 0 N–H and O–H groups in total. The van der Waals surface area contributed by atoms with Crippen LogP contribution < -0.4 is 14.5 Å². The molecule has 0 spiro atoms. The van der Waals surface area contributed by atoms with E-state index in [2.05, 4.69) is 6.07 Å². The van der Waals surface area contributed by atoms with Crippen molar-refractivity contribution in [2.75, 3.05) is 23.0 Å². The van der Waals surface area contributed by atoms with Crippen LogP contribution in [-0.4, -0.2) is 25.0 Å². The van der Waals surface area contributed by atoms with Crippen LogP contribution in [0.5, 0.6) is 5.75 Å². The number of nitrogens with zero attached hydrogens (tertiary/aromatic N) is 2. The van der Waals surface area contributed by atoms with E-state index >= 15 is 0 Å². The molecule has 0 radical (unpaired) electrons. The Morgan fingerprint density at radius 1 is 0.882 bits per heavy atom. The standard InChI is InChI=1S/C29H28N2O3/c1-4-34-24-12-7-11-23(18-24)31-28(32)26(22-15-14-19(2)20(3)17-22)27(29(31)33)30-16-8-10-21-9-5-6-13-25(21)30/h5-7,9,11-15,17-18H,4,8,10,16H2,1-3H3. The summed E-state index contributed by atoms with van der Waals surface area (Å²) in [6.07, 6.45) is 1.88. The number of hydrogen-bond donors (Lipinski definition) is 0. The Hall–Kier alpha value is -3.86. The van der Waals surface area contributed by atoms with Gasteiger partial charge in [-0.1, -0.05) is 42.5 Å². The Balaban J connectivity index is 1.68. The number of ether oxygens (including phenoxy) is 1. The summed E-state index contributed by atoms with van der Waals surface area (Å²) in [6, 6.07) is 21.3. The number of anilines is 2. The molecule has 0 fully saturated rings. The van der Waals surface area contributed by atoms with Gasteiger partial charge in [-0.15, -0.1) is 0 Å². The fourth-order valence-electron chi connectivity index (χ4n) is 4.81. The summed E-state index contributed by atoms with van der Waals surface area (Å²) in [4.78, 5) is 31.3. The molecule has 5 heteroatoms. The zero-order valence-corrected chi connectivity index (χ0v) is 19.8. The van der Waals surface area contributed by atoms with Crippen molar-refractivity contribution in [3.05, 3.63) is 94.7 Å². The van der Waals surface area contributed by atoms with Gasteiger partial charge < -0.3 is 9.64 Å². The summed E-state index contributed by atoms with van der Waals surface area (Å²) < 4.78 is 5.63. The number of imide groups is 1. The molecule has 0 aromatic heterocycles. The van der Waals surface area contributed by atoms with E-state index in [0.717, 1.165) is 35.2 Å². The molecule has 3 aromatic carbocycles. The fourth-order valence-corrected chi connectivity index (χ4v) is 4.81. The Kier molecular flexibility index (Phi) is 5.70. The molecule has 172 valence electrons. The minimum absolute atomic E-state index is 0.302. The second-order valence-corrected chi connectivity index (χ2v) is 8.78. The second-order valence-electron chi connectivity index (χ2n) is 8.78. The predicted octanol–water partition coefficient (Wildman–Crippen LogP) is 5.44. The highest BCUT2D eigenvalue weighted by Crippen LogP contribution is 2.40. The summed E-state index contributed by atoms with van der Waals surface area (Å²) in [5.74, 6) is 0.0219. The van der Waals surface area contributed by atoms with Crippen molar-refractivity contribution >= 4 is 28.8 Å². The Labute approximate surface area is 200 Å². The molecule has 3 aromatic rings. The highest BCUT2D eigenvalue weighted by Gasteiger charge is 2.43. The number of hydrogen-bond acceptors (Lipinski definition) is 4. The van der Waals surface area contributed by atoms with Crippen molar-refractivity contribution in [2.45, 2.75) is 33.6 Å². The molecule has 0 unspecified atom stereocenters. The van der Waals surface area contributed by atoms with Crippen LogP contribution in [0.3, 0.4) is 0 Å². The second kappa shape index (κ2) is 8.82. The zero-order valence-electron chi connectivity index (χ0n) is 19.8. The van der Waals surface area contributed by atoms with Gasteiger partial charge in [0.15, 0.2) is 0 Å². The van der Waals surface area contributed by atoms with Gasteiger partial charge in [-0.2, -0.15) is 0 Å². The lowest BCUT2D eigenvalue weighted by molar-refractivity contribution is -0.120. The van der Waals surface area contributed by atoms with E-state index in [0.29, 0.717) is 35.9 Å². The van der Waals surface area contributed by atoms with Gasteiger partial charge >= 0.3 is 0 Å². The smallest absolute Gasteiger partial charge is 0.282 e. The Morgan fingerprint density at radius 2 is 1.71 bits per heavy atom.